The Kier molecular flexibility index (Phi) is 4.85. The van der Waals surface area contributed by atoms with Crippen LogP contribution < -0.4 is 5.32 Å². The number of para-hydroxylation sites is 1. The van der Waals surface area contributed by atoms with E-state index in [9.17, 15) is 9.59 Å². The minimum absolute atomic E-state index is 0.119. The highest BCUT2D eigenvalue weighted by Gasteiger charge is 2.34. The Morgan fingerprint density at radius 1 is 1.30 bits per heavy atom. The lowest BCUT2D eigenvalue weighted by atomic mass is 10.1. The molecule has 1 aromatic carbocycles. The molecule has 27 heavy (non-hydrogen) atoms. The van der Waals surface area contributed by atoms with Crippen LogP contribution in [0.25, 0.3) is 11.0 Å². The average molecular weight is 382 g/mol. The van der Waals surface area contributed by atoms with Gasteiger partial charge in [0.1, 0.15) is 5.58 Å². The Morgan fingerprint density at radius 3 is 2.85 bits per heavy atom. The number of hydrogen-bond donors (Lipinski definition) is 1. The maximum atomic E-state index is 13.0. The van der Waals surface area contributed by atoms with Crippen molar-refractivity contribution in [1.82, 2.24) is 4.90 Å². The molecule has 3 aromatic rings. The van der Waals surface area contributed by atoms with Crippen molar-refractivity contribution >= 4 is 39.7 Å². The normalized spacial score (nSPS) is 18.7. The molecule has 1 amide bonds. The third-order valence-corrected chi connectivity index (χ3v) is 5.96. The van der Waals surface area contributed by atoms with E-state index in [4.69, 9.17) is 4.42 Å². The number of carbonyl (C=O) groups excluding carboxylic acids is 2. The van der Waals surface area contributed by atoms with Gasteiger partial charge in [-0.1, -0.05) is 12.1 Å². The molecule has 4 rings (SSSR count). The Labute approximate surface area is 162 Å². The summed E-state index contributed by atoms with van der Waals surface area (Å²) in [4.78, 5) is 27.3. The molecule has 0 radical (unpaired) electrons. The number of ketones is 1. The van der Waals surface area contributed by atoms with E-state index in [0.29, 0.717) is 11.3 Å². The van der Waals surface area contributed by atoms with Crippen LogP contribution in [0, 0.1) is 0 Å². The van der Waals surface area contributed by atoms with E-state index in [0.717, 1.165) is 24.8 Å². The van der Waals surface area contributed by atoms with Crippen molar-refractivity contribution in [2.45, 2.75) is 38.8 Å². The van der Waals surface area contributed by atoms with E-state index in [2.05, 4.69) is 27.0 Å². The summed E-state index contributed by atoms with van der Waals surface area (Å²) in [6.45, 7) is 4.26. The van der Waals surface area contributed by atoms with Gasteiger partial charge in [-0.05, 0) is 60.8 Å². The van der Waals surface area contributed by atoms with Crippen LogP contribution in [0.5, 0.6) is 0 Å². The lowest BCUT2D eigenvalue weighted by molar-refractivity contribution is -0.121. The van der Waals surface area contributed by atoms with Gasteiger partial charge in [-0.2, -0.15) is 11.3 Å². The number of furan rings is 1. The van der Waals surface area contributed by atoms with Crippen molar-refractivity contribution in [2.75, 3.05) is 11.9 Å². The molecule has 1 fully saturated rings. The third-order valence-electron chi connectivity index (χ3n) is 5.26. The summed E-state index contributed by atoms with van der Waals surface area (Å²) in [6, 6.07) is 9.48. The first-order valence-corrected chi connectivity index (χ1v) is 10.1. The quantitative estimate of drug-likeness (QED) is 0.640. The number of amides is 1. The number of nitrogens with zero attached hydrogens (tertiary/aromatic N) is 1. The molecule has 1 aliphatic heterocycles. The second-order valence-corrected chi connectivity index (χ2v) is 7.76. The Balaban J connectivity index is 1.60. The second kappa shape index (κ2) is 7.29. The number of carbonyl (C=O) groups is 2. The largest absolute Gasteiger partial charge is 0.451 e. The standard InChI is InChI=1S/C21H22N2O3S/c1-13(23-10-5-7-17(23)15-9-11-27-12-15)21(25)22-19-16-6-3-4-8-18(16)26-20(19)14(2)24/h3-4,6,8-9,11-13,17H,5,7,10H2,1-2H3,(H,22,25). The van der Waals surface area contributed by atoms with Gasteiger partial charge in [-0.15, -0.1) is 0 Å². The number of rotatable bonds is 5. The summed E-state index contributed by atoms with van der Waals surface area (Å²) in [7, 11) is 0. The molecule has 2 unspecified atom stereocenters. The summed E-state index contributed by atoms with van der Waals surface area (Å²) in [5, 5.41) is 7.95. The number of likely N-dealkylation sites (tertiary alicyclic amines) is 1. The Bertz CT molecular complexity index is 977. The molecular formula is C21H22N2O3S. The third kappa shape index (κ3) is 3.31. The zero-order valence-corrected chi connectivity index (χ0v) is 16.2. The van der Waals surface area contributed by atoms with Gasteiger partial charge < -0.3 is 9.73 Å². The molecule has 1 aliphatic rings. The molecule has 1 N–H and O–H groups in total. The van der Waals surface area contributed by atoms with Gasteiger partial charge in [-0.3, -0.25) is 14.5 Å². The molecule has 5 nitrogen and oxygen atoms in total. The second-order valence-electron chi connectivity index (χ2n) is 6.98. The number of nitrogens with one attached hydrogen (secondary N) is 1. The molecule has 0 aliphatic carbocycles. The van der Waals surface area contributed by atoms with Crippen molar-refractivity contribution in [2.24, 2.45) is 0 Å². The van der Waals surface area contributed by atoms with Crippen LogP contribution in [0.15, 0.2) is 45.5 Å². The first-order chi connectivity index (χ1) is 13.1. The fourth-order valence-corrected chi connectivity index (χ4v) is 4.58. The molecule has 0 bridgehead atoms. The molecule has 2 atom stereocenters. The van der Waals surface area contributed by atoms with E-state index >= 15 is 0 Å². The van der Waals surface area contributed by atoms with Crippen LogP contribution in [0.1, 0.15) is 48.8 Å². The van der Waals surface area contributed by atoms with Crippen LogP contribution in [-0.2, 0) is 4.79 Å². The van der Waals surface area contributed by atoms with Crippen LogP contribution in [0.4, 0.5) is 5.69 Å². The summed E-state index contributed by atoms with van der Waals surface area (Å²) in [5.74, 6) is -0.120. The molecule has 6 heteroatoms. The van der Waals surface area contributed by atoms with Crippen LogP contribution >= 0.6 is 11.3 Å². The van der Waals surface area contributed by atoms with Gasteiger partial charge in [0.25, 0.3) is 0 Å². The molecule has 140 valence electrons. The number of fused-ring (bicyclic) bond motifs is 1. The summed E-state index contributed by atoms with van der Waals surface area (Å²) in [5.41, 5.74) is 2.35. The molecule has 3 heterocycles. The number of benzene rings is 1. The van der Waals surface area contributed by atoms with Gasteiger partial charge in [0.05, 0.1) is 11.7 Å². The van der Waals surface area contributed by atoms with E-state index in [1.807, 2.05) is 25.1 Å². The van der Waals surface area contributed by atoms with E-state index in [-0.39, 0.29) is 29.5 Å². The Morgan fingerprint density at radius 2 is 2.11 bits per heavy atom. The highest BCUT2D eigenvalue weighted by molar-refractivity contribution is 7.08. The predicted octanol–water partition coefficient (Wildman–Crippen LogP) is 4.86. The lowest BCUT2D eigenvalue weighted by Gasteiger charge is -2.29. The van der Waals surface area contributed by atoms with Crippen LogP contribution in [0.2, 0.25) is 0 Å². The number of thiophene rings is 1. The molecule has 1 saturated heterocycles. The summed E-state index contributed by atoms with van der Waals surface area (Å²) >= 11 is 1.68. The summed E-state index contributed by atoms with van der Waals surface area (Å²) < 4.78 is 5.67. The van der Waals surface area contributed by atoms with Crippen LogP contribution in [-0.4, -0.2) is 29.2 Å². The average Bonchev–Trinajstić information content (AvgIpc) is 3.40. The maximum absolute atomic E-state index is 13.0. The highest BCUT2D eigenvalue weighted by Crippen LogP contribution is 2.36. The highest BCUT2D eigenvalue weighted by atomic mass is 32.1. The van der Waals surface area contributed by atoms with Crippen LogP contribution in [0.3, 0.4) is 0 Å². The van der Waals surface area contributed by atoms with Crippen molar-refractivity contribution in [3.05, 3.63) is 52.4 Å². The first-order valence-electron chi connectivity index (χ1n) is 9.17. The molecular weight excluding hydrogens is 360 g/mol. The topological polar surface area (TPSA) is 62.6 Å². The lowest BCUT2D eigenvalue weighted by Crippen LogP contribution is -2.41. The minimum atomic E-state index is -0.300. The van der Waals surface area contributed by atoms with Gasteiger partial charge >= 0.3 is 0 Å². The number of hydrogen-bond acceptors (Lipinski definition) is 5. The van der Waals surface area contributed by atoms with Crippen molar-refractivity contribution in [3.8, 4) is 0 Å². The zero-order valence-electron chi connectivity index (χ0n) is 15.4. The van der Waals surface area contributed by atoms with E-state index in [1.54, 1.807) is 17.4 Å². The first kappa shape index (κ1) is 17.9. The fraction of sp³-hybridized carbons (Fsp3) is 0.333. The maximum Gasteiger partial charge on any atom is 0.241 e. The number of Topliss-reactive ketones (excluding diaryl/α,β-unsaturated/α-hetero) is 1. The van der Waals surface area contributed by atoms with Crippen molar-refractivity contribution in [1.29, 1.82) is 0 Å². The fourth-order valence-electron chi connectivity index (χ4n) is 3.87. The van der Waals surface area contributed by atoms with Gasteiger partial charge in [0, 0.05) is 18.4 Å². The van der Waals surface area contributed by atoms with Gasteiger partial charge in [0.15, 0.2) is 11.5 Å². The number of anilines is 1. The Hall–Kier alpha value is -2.44. The minimum Gasteiger partial charge on any atom is -0.451 e. The predicted molar refractivity (Wildman–Crippen MR) is 107 cm³/mol. The van der Waals surface area contributed by atoms with E-state index < -0.39 is 0 Å². The van der Waals surface area contributed by atoms with Crippen molar-refractivity contribution in [3.63, 3.8) is 0 Å². The molecule has 2 aromatic heterocycles. The monoisotopic (exact) mass is 382 g/mol. The van der Waals surface area contributed by atoms with Crippen molar-refractivity contribution < 1.29 is 14.0 Å². The smallest absolute Gasteiger partial charge is 0.241 e. The zero-order chi connectivity index (χ0) is 19.0. The van der Waals surface area contributed by atoms with E-state index in [1.165, 1.54) is 12.5 Å². The van der Waals surface area contributed by atoms with Gasteiger partial charge in [0.2, 0.25) is 5.91 Å². The molecule has 0 saturated carbocycles. The molecule has 0 spiro atoms. The SMILES string of the molecule is CC(=O)c1oc2ccccc2c1NC(=O)C(C)N1CCCC1c1ccsc1. The van der Waals surface area contributed by atoms with Gasteiger partial charge in [-0.25, -0.2) is 0 Å². The summed E-state index contributed by atoms with van der Waals surface area (Å²) in [6.07, 6.45) is 2.13.